The Morgan fingerprint density at radius 2 is 2.28 bits per heavy atom. The standard InChI is InChI=1S/C12H15N3O2S/c16-11-5-15(12(17)9-6-18-7-13-9)10-4-2-1-3-8(10)14-11/h6-8,10H,1-5H2,(H,14,16)/t8-,10+/m0/s1. The van der Waals surface area contributed by atoms with E-state index in [0.29, 0.717) is 5.69 Å². The summed E-state index contributed by atoms with van der Waals surface area (Å²) in [5.41, 5.74) is 2.11. The van der Waals surface area contributed by atoms with Gasteiger partial charge in [-0.05, 0) is 12.8 Å². The molecule has 0 unspecified atom stereocenters. The number of fused-ring (bicyclic) bond motifs is 1. The molecule has 18 heavy (non-hydrogen) atoms. The molecule has 5 nitrogen and oxygen atoms in total. The molecular formula is C12H15N3O2S. The normalized spacial score (nSPS) is 27.6. The van der Waals surface area contributed by atoms with Gasteiger partial charge < -0.3 is 10.2 Å². The fourth-order valence-corrected chi connectivity index (χ4v) is 3.39. The first-order valence-corrected chi connectivity index (χ1v) is 7.18. The fourth-order valence-electron chi connectivity index (χ4n) is 2.86. The van der Waals surface area contributed by atoms with Crippen LogP contribution in [0.15, 0.2) is 10.9 Å². The first kappa shape index (κ1) is 11.6. The number of rotatable bonds is 1. The summed E-state index contributed by atoms with van der Waals surface area (Å²) in [7, 11) is 0. The predicted octanol–water partition coefficient (Wildman–Crippen LogP) is 1.03. The van der Waals surface area contributed by atoms with Crippen LogP contribution in [0.3, 0.4) is 0 Å². The molecule has 0 spiro atoms. The molecule has 1 aromatic heterocycles. The van der Waals surface area contributed by atoms with Crippen molar-refractivity contribution < 1.29 is 9.59 Å². The third kappa shape index (κ3) is 2.01. The number of amides is 2. The Morgan fingerprint density at radius 3 is 3.06 bits per heavy atom. The van der Waals surface area contributed by atoms with Crippen LogP contribution in [0.2, 0.25) is 0 Å². The van der Waals surface area contributed by atoms with Crippen LogP contribution in [0.4, 0.5) is 0 Å². The lowest BCUT2D eigenvalue weighted by molar-refractivity contribution is -0.127. The minimum atomic E-state index is -0.108. The molecule has 1 saturated heterocycles. The second-order valence-electron chi connectivity index (χ2n) is 4.83. The highest BCUT2D eigenvalue weighted by Crippen LogP contribution is 2.26. The lowest BCUT2D eigenvalue weighted by Crippen LogP contribution is -2.62. The molecule has 2 aliphatic rings. The Bertz CT molecular complexity index is 460. The summed E-state index contributed by atoms with van der Waals surface area (Å²) in [6.45, 7) is 0.164. The van der Waals surface area contributed by atoms with Crippen molar-refractivity contribution in [2.45, 2.75) is 37.8 Å². The number of nitrogens with one attached hydrogen (secondary N) is 1. The van der Waals surface area contributed by atoms with E-state index in [1.807, 2.05) is 0 Å². The van der Waals surface area contributed by atoms with Gasteiger partial charge in [0.2, 0.25) is 5.91 Å². The van der Waals surface area contributed by atoms with Crippen LogP contribution in [-0.4, -0.2) is 40.3 Å². The number of hydrogen-bond donors (Lipinski definition) is 1. The van der Waals surface area contributed by atoms with E-state index < -0.39 is 0 Å². The Labute approximate surface area is 109 Å². The molecule has 0 bridgehead atoms. The Balaban J connectivity index is 1.84. The van der Waals surface area contributed by atoms with E-state index in [-0.39, 0.29) is 30.4 Å². The zero-order chi connectivity index (χ0) is 12.5. The van der Waals surface area contributed by atoms with Gasteiger partial charge in [0, 0.05) is 11.4 Å². The molecule has 3 rings (SSSR count). The molecule has 6 heteroatoms. The molecule has 1 N–H and O–H groups in total. The summed E-state index contributed by atoms with van der Waals surface area (Å²) >= 11 is 1.40. The van der Waals surface area contributed by atoms with E-state index in [1.165, 1.54) is 11.3 Å². The highest BCUT2D eigenvalue weighted by molar-refractivity contribution is 7.07. The third-order valence-electron chi connectivity index (χ3n) is 3.70. The molecule has 2 atom stereocenters. The highest BCUT2D eigenvalue weighted by atomic mass is 32.1. The quantitative estimate of drug-likeness (QED) is 0.825. The molecule has 1 aliphatic heterocycles. The van der Waals surface area contributed by atoms with Crippen LogP contribution >= 0.6 is 11.3 Å². The molecular weight excluding hydrogens is 250 g/mol. The summed E-state index contributed by atoms with van der Waals surface area (Å²) < 4.78 is 0. The molecule has 2 amide bonds. The van der Waals surface area contributed by atoms with Crippen LogP contribution in [0.1, 0.15) is 36.2 Å². The van der Waals surface area contributed by atoms with Gasteiger partial charge in [0.1, 0.15) is 12.2 Å². The summed E-state index contributed by atoms with van der Waals surface area (Å²) in [5, 5.41) is 4.74. The van der Waals surface area contributed by atoms with Gasteiger partial charge in [-0.1, -0.05) is 12.8 Å². The van der Waals surface area contributed by atoms with Crippen molar-refractivity contribution in [3.63, 3.8) is 0 Å². The lowest BCUT2D eigenvalue weighted by atomic mass is 9.87. The maximum Gasteiger partial charge on any atom is 0.274 e. The van der Waals surface area contributed by atoms with Crippen LogP contribution in [0.5, 0.6) is 0 Å². The molecule has 96 valence electrons. The SMILES string of the molecule is O=C1CN(C(=O)c2cscn2)[C@@H]2CCCC[C@@H]2N1. The molecule has 1 aromatic rings. The average Bonchev–Trinajstić information content (AvgIpc) is 2.90. The minimum Gasteiger partial charge on any atom is -0.350 e. The number of piperazine rings is 1. The number of hydrogen-bond acceptors (Lipinski definition) is 4. The maximum atomic E-state index is 12.4. The Kier molecular flexibility index (Phi) is 3.03. The third-order valence-corrected chi connectivity index (χ3v) is 4.29. The number of aromatic nitrogens is 1. The van der Waals surface area contributed by atoms with Gasteiger partial charge in [-0.25, -0.2) is 4.98 Å². The Morgan fingerprint density at radius 1 is 1.44 bits per heavy atom. The first-order valence-electron chi connectivity index (χ1n) is 6.24. The number of thiazole rings is 1. The van der Waals surface area contributed by atoms with E-state index in [2.05, 4.69) is 10.3 Å². The second-order valence-corrected chi connectivity index (χ2v) is 5.55. The van der Waals surface area contributed by atoms with Gasteiger partial charge in [-0.15, -0.1) is 11.3 Å². The molecule has 2 fully saturated rings. The van der Waals surface area contributed by atoms with E-state index in [1.54, 1.807) is 15.8 Å². The molecule has 1 aliphatic carbocycles. The molecule has 2 heterocycles. The molecule has 1 saturated carbocycles. The second kappa shape index (κ2) is 4.68. The highest BCUT2D eigenvalue weighted by Gasteiger charge is 2.39. The van der Waals surface area contributed by atoms with Crippen LogP contribution in [0, 0.1) is 0 Å². The number of carbonyl (C=O) groups excluding carboxylic acids is 2. The van der Waals surface area contributed by atoms with Gasteiger partial charge in [0.15, 0.2) is 0 Å². The molecule has 0 aromatic carbocycles. The number of nitrogens with zero attached hydrogens (tertiary/aromatic N) is 2. The van der Waals surface area contributed by atoms with Crippen molar-refractivity contribution in [1.82, 2.24) is 15.2 Å². The zero-order valence-corrected chi connectivity index (χ0v) is 10.8. The van der Waals surface area contributed by atoms with E-state index in [4.69, 9.17) is 0 Å². The van der Waals surface area contributed by atoms with Crippen LogP contribution in [-0.2, 0) is 4.79 Å². The summed E-state index contributed by atoms with van der Waals surface area (Å²) in [4.78, 5) is 29.8. The smallest absolute Gasteiger partial charge is 0.274 e. The van der Waals surface area contributed by atoms with Crippen molar-refractivity contribution in [1.29, 1.82) is 0 Å². The van der Waals surface area contributed by atoms with Crippen LogP contribution < -0.4 is 5.32 Å². The summed E-state index contributed by atoms with van der Waals surface area (Å²) in [5.74, 6) is -0.162. The van der Waals surface area contributed by atoms with Crippen molar-refractivity contribution in [2.24, 2.45) is 0 Å². The van der Waals surface area contributed by atoms with Crippen molar-refractivity contribution in [3.05, 3.63) is 16.6 Å². The molecule has 0 radical (unpaired) electrons. The number of carbonyl (C=O) groups is 2. The van der Waals surface area contributed by atoms with Gasteiger partial charge in [-0.2, -0.15) is 0 Å². The van der Waals surface area contributed by atoms with E-state index >= 15 is 0 Å². The fraction of sp³-hybridized carbons (Fsp3) is 0.583. The summed E-state index contributed by atoms with van der Waals surface area (Å²) in [6, 6.07) is 0.272. The first-order chi connectivity index (χ1) is 8.75. The van der Waals surface area contributed by atoms with Gasteiger partial charge in [-0.3, -0.25) is 9.59 Å². The zero-order valence-electron chi connectivity index (χ0n) is 9.96. The van der Waals surface area contributed by atoms with Gasteiger partial charge in [0.25, 0.3) is 5.91 Å². The monoisotopic (exact) mass is 265 g/mol. The van der Waals surface area contributed by atoms with E-state index in [9.17, 15) is 9.59 Å². The topological polar surface area (TPSA) is 62.3 Å². The summed E-state index contributed by atoms with van der Waals surface area (Å²) in [6.07, 6.45) is 4.19. The lowest BCUT2D eigenvalue weighted by Gasteiger charge is -2.43. The minimum absolute atomic E-state index is 0.0540. The predicted molar refractivity (Wildman–Crippen MR) is 67.3 cm³/mol. The van der Waals surface area contributed by atoms with Crippen molar-refractivity contribution >= 4 is 23.2 Å². The van der Waals surface area contributed by atoms with Crippen LogP contribution in [0.25, 0.3) is 0 Å². The van der Waals surface area contributed by atoms with Gasteiger partial charge in [0.05, 0.1) is 11.6 Å². The Hall–Kier alpha value is -1.43. The van der Waals surface area contributed by atoms with E-state index in [0.717, 1.165) is 25.7 Å². The largest absolute Gasteiger partial charge is 0.350 e. The van der Waals surface area contributed by atoms with Crippen molar-refractivity contribution in [3.8, 4) is 0 Å². The van der Waals surface area contributed by atoms with Crippen molar-refractivity contribution in [2.75, 3.05) is 6.54 Å². The maximum absolute atomic E-state index is 12.4. The average molecular weight is 265 g/mol. The van der Waals surface area contributed by atoms with Gasteiger partial charge >= 0.3 is 0 Å².